The van der Waals surface area contributed by atoms with E-state index in [0.29, 0.717) is 6.61 Å². The van der Waals surface area contributed by atoms with Gasteiger partial charge in [0.1, 0.15) is 0 Å². The maximum Gasteiger partial charge on any atom is 0.374 e. The largest absolute Gasteiger partial charge is 0.460 e. The van der Waals surface area contributed by atoms with Crippen molar-refractivity contribution in [3.8, 4) is 0 Å². The smallest absolute Gasteiger partial charge is 0.374 e. The molecule has 0 fully saturated rings. The molecule has 0 saturated heterocycles. The molecule has 0 unspecified atom stereocenters. The van der Waals surface area contributed by atoms with E-state index in [2.05, 4.69) is 16.5 Å². The summed E-state index contributed by atoms with van der Waals surface area (Å²) >= 11 is 0. The van der Waals surface area contributed by atoms with Gasteiger partial charge in [0, 0.05) is 0 Å². The number of carbonyl (C=O) groups is 1. The molecule has 1 heterocycles. The standard InChI is InChI=1S/C9H12N2O2/c1-4-13-9(12)8-10-5-7(11-8)6(2)3/h5H,2,4H2,1,3H3,(H,10,11). The highest BCUT2D eigenvalue weighted by Gasteiger charge is 2.10. The van der Waals surface area contributed by atoms with Crippen molar-refractivity contribution >= 4 is 11.5 Å². The third-order valence-electron chi connectivity index (χ3n) is 1.50. The fourth-order valence-electron chi connectivity index (χ4n) is 0.841. The molecule has 70 valence electrons. The summed E-state index contributed by atoms with van der Waals surface area (Å²) in [6.45, 7) is 7.66. The number of hydrogen-bond donors (Lipinski definition) is 1. The summed E-state index contributed by atoms with van der Waals surface area (Å²) in [5.41, 5.74) is 1.59. The Labute approximate surface area is 76.6 Å². The molecule has 0 aliphatic rings. The van der Waals surface area contributed by atoms with Crippen LogP contribution in [0, 0.1) is 0 Å². The van der Waals surface area contributed by atoms with E-state index in [4.69, 9.17) is 4.74 Å². The van der Waals surface area contributed by atoms with Gasteiger partial charge in [-0.3, -0.25) is 0 Å². The third kappa shape index (κ3) is 2.18. The van der Waals surface area contributed by atoms with E-state index in [1.165, 1.54) is 0 Å². The van der Waals surface area contributed by atoms with Crippen molar-refractivity contribution in [3.05, 3.63) is 24.3 Å². The summed E-state index contributed by atoms with van der Waals surface area (Å²) in [5, 5.41) is 0. The summed E-state index contributed by atoms with van der Waals surface area (Å²) in [7, 11) is 0. The van der Waals surface area contributed by atoms with Gasteiger partial charge in [-0.25, -0.2) is 9.78 Å². The number of allylic oxidation sites excluding steroid dienone is 1. The van der Waals surface area contributed by atoms with Crippen LogP contribution in [0.4, 0.5) is 0 Å². The van der Waals surface area contributed by atoms with E-state index in [-0.39, 0.29) is 5.82 Å². The molecule has 0 aliphatic carbocycles. The van der Waals surface area contributed by atoms with E-state index >= 15 is 0 Å². The van der Waals surface area contributed by atoms with Crippen molar-refractivity contribution in [1.29, 1.82) is 0 Å². The Bertz CT molecular complexity index is 328. The van der Waals surface area contributed by atoms with Crippen LogP contribution in [0.15, 0.2) is 12.8 Å². The normalized spacial score (nSPS) is 9.69. The number of carbonyl (C=O) groups excluding carboxylic acids is 1. The molecule has 0 aliphatic heterocycles. The van der Waals surface area contributed by atoms with Crippen molar-refractivity contribution in [2.24, 2.45) is 0 Å². The number of hydrogen-bond acceptors (Lipinski definition) is 3. The Balaban J connectivity index is 2.79. The molecule has 4 nitrogen and oxygen atoms in total. The molecule has 1 rings (SSSR count). The van der Waals surface area contributed by atoms with Crippen molar-refractivity contribution in [2.45, 2.75) is 13.8 Å². The predicted octanol–water partition coefficient (Wildman–Crippen LogP) is 1.62. The molecule has 13 heavy (non-hydrogen) atoms. The lowest BCUT2D eigenvalue weighted by atomic mass is 10.3. The van der Waals surface area contributed by atoms with Crippen LogP contribution >= 0.6 is 0 Å². The summed E-state index contributed by atoms with van der Waals surface area (Å²) in [5.74, 6) is -0.213. The molecule has 0 spiro atoms. The average Bonchev–Trinajstić information content (AvgIpc) is 2.52. The molecule has 0 bridgehead atoms. The highest BCUT2D eigenvalue weighted by molar-refractivity contribution is 5.85. The minimum absolute atomic E-state index is 0.222. The first-order valence-electron chi connectivity index (χ1n) is 4.03. The predicted molar refractivity (Wildman–Crippen MR) is 49.3 cm³/mol. The first kappa shape index (κ1) is 9.51. The number of nitrogens with zero attached hydrogens (tertiary/aromatic N) is 1. The molecule has 0 aromatic carbocycles. The second-order valence-electron chi connectivity index (χ2n) is 2.65. The van der Waals surface area contributed by atoms with Gasteiger partial charge in [0.25, 0.3) is 0 Å². The molecule has 1 aromatic heterocycles. The lowest BCUT2D eigenvalue weighted by Gasteiger charge is -1.96. The van der Waals surface area contributed by atoms with Crippen molar-refractivity contribution < 1.29 is 9.53 Å². The van der Waals surface area contributed by atoms with E-state index in [1.807, 2.05) is 6.92 Å². The molecule has 0 atom stereocenters. The third-order valence-corrected chi connectivity index (χ3v) is 1.50. The molecule has 1 aromatic rings. The van der Waals surface area contributed by atoms with Crippen LogP contribution in [0.3, 0.4) is 0 Å². The lowest BCUT2D eigenvalue weighted by Crippen LogP contribution is -2.06. The summed E-state index contributed by atoms with van der Waals surface area (Å²) < 4.78 is 4.76. The SMILES string of the molecule is C=C(C)c1cnc(C(=O)OCC)[nH]1. The Kier molecular flexibility index (Phi) is 2.84. The van der Waals surface area contributed by atoms with Crippen LogP contribution in [0.25, 0.3) is 5.57 Å². The van der Waals surface area contributed by atoms with Crippen molar-refractivity contribution in [3.63, 3.8) is 0 Å². The first-order chi connectivity index (χ1) is 6.15. The van der Waals surface area contributed by atoms with Crippen LogP contribution in [-0.4, -0.2) is 22.5 Å². The summed E-state index contributed by atoms with van der Waals surface area (Å²) in [6.07, 6.45) is 1.56. The van der Waals surface area contributed by atoms with Gasteiger partial charge in [0.2, 0.25) is 5.82 Å². The highest BCUT2D eigenvalue weighted by atomic mass is 16.5. The Morgan fingerprint density at radius 3 is 2.92 bits per heavy atom. The number of ether oxygens (including phenoxy) is 1. The van der Waals surface area contributed by atoms with Gasteiger partial charge < -0.3 is 9.72 Å². The van der Waals surface area contributed by atoms with E-state index in [0.717, 1.165) is 11.3 Å². The monoisotopic (exact) mass is 180 g/mol. The number of rotatable bonds is 3. The average molecular weight is 180 g/mol. The number of aromatic amines is 1. The van der Waals surface area contributed by atoms with Crippen molar-refractivity contribution in [1.82, 2.24) is 9.97 Å². The Morgan fingerprint density at radius 1 is 1.77 bits per heavy atom. The molecular weight excluding hydrogens is 168 g/mol. The zero-order valence-electron chi connectivity index (χ0n) is 7.76. The second-order valence-corrected chi connectivity index (χ2v) is 2.65. The van der Waals surface area contributed by atoms with Gasteiger partial charge in [0.15, 0.2) is 0 Å². The van der Waals surface area contributed by atoms with E-state index in [9.17, 15) is 4.79 Å². The summed E-state index contributed by atoms with van der Waals surface area (Å²) in [4.78, 5) is 17.8. The van der Waals surface area contributed by atoms with Gasteiger partial charge in [-0.05, 0) is 19.4 Å². The van der Waals surface area contributed by atoms with Crippen LogP contribution in [-0.2, 0) is 4.74 Å². The van der Waals surface area contributed by atoms with Crippen LogP contribution in [0.2, 0.25) is 0 Å². The Morgan fingerprint density at radius 2 is 2.46 bits per heavy atom. The number of imidazole rings is 1. The van der Waals surface area contributed by atoms with Gasteiger partial charge in [-0.2, -0.15) is 0 Å². The molecular formula is C9H12N2O2. The number of nitrogens with one attached hydrogen (secondary N) is 1. The van der Waals surface area contributed by atoms with E-state index in [1.54, 1.807) is 13.1 Å². The van der Waals surface area contributed by atoms with Gasteiger partial charge in [-0.15, -0.1) is 0 Å². The highest BCUT2D eigenvalue weighted by Crippen LogP contribution is 2.08. The number of esters is 1. The maximum absolute atomic E-state index is 11.1. The molecule has 4 heteroatoms. The van der Waals surface area contributed by atoms with Crippen molar-refractivity contribution in [2.75, 3.05) is 6.61 Å². The zero-order valence-corrected chi connectivity index (χ0v) is 7.76. The second kappa shape index (κ2) is 3.89. The molecule has 0 radical (unpaired) electrons. The minimum atomic E-state index is -0.435. The minimum Gasteiger partial charge on any atom is -0.460 e. The topological polar surface area (TPSA) is 55.0 Å². The lowest BCUT2D eigenvalue weighted by molar-refractivity contribution is 0.0513. The number of aromatic nitrogens is 2. The molecule has 0 saturated carbocycles. The first-order valence-corrected chi connectivity index (χ1v) is 4.03. The molecule has 0 amide bonds. The Hall–Kier alpha value is -1.58. The van der Waals surface area contributed by atoms with Gasteiger partial charge >= 0.3 is 5.97 Å². The zero-order chi connectivity index (χ0) is 9.84. The van der Waals surface area contributed by atoms with Gasteiger partial charge in [-0.1, -0.05) is 6.58 Å². The number of H-pyrrole nitrogens is 1. The van der Waals surface area contributed by atoms with Crippen LogP contribution < -0.4 is 0 Å². The van der Waals surface area contributed by atoms with E-state index < -0.39 is 5.97 Å². The summed E-state index contributed by atoms with van der Waals surface area (Å²) in [6, 6.07) is 0. The maximum atomic E-state index is 11.1. The quantitative estimate of drug-likeness (QED) is 0.719. The molecule has 1 N–H and O–H groups in total. The van der Waals surface area contributed by atoms with Crippen LogP contribution in [0.5, 0.6) is 0 Å². The fraction of sp³-hybridized carbons (Fsp3) is 0.333. The van der Waals surface area contributed by atoms with Crippen LogP contribution in [0.1, 0.15) is 30.2 Å². The fourth-order valence-corrected chi connectivity index (χ4v) is 0.841. The van der Waals surface area contributed by atoms with Gasteiger partial charge in [0.05, 0.1) is 18.5 Å².